The number of rotatable bonds is 2. The van der Waals surface area contributed by atoms with E-state index in [4.69, 9.17) is 5.73 Å². The van der Waals surface area contributed by atoms with Crippen LogP contribution in [0.15, 0.2) is 36.7 Å². The van der Waals surface area contributed by atoms with Gasteiger partial charge in [-0.2, -0.15) is 0 Å². The van der Waals surface area contributed by atoms with E-state index >= 15 is 0 Å². The third kappa shape index (κ3) is 2.15. The summed E-state index contributed by atoms with van der Waals surface area (Å²) in [7, 11) is 0. The molecule has 0 radical (unpaired) electrons. The highest BCUT2D eigenvalue weighted by molar-refractivity contribution is 5.79. The number of hydrogen-bond acceptors (Lipinski definition) is 3. The first kappa shape index (κ1) is 9.71. The average Bonchev–Trinajstić information content (AvgIpc) is 2.30. The fraction of sp³-hybridized carbons (Fsp3) is 0.273. The van der Waals surface area contributed by atoms with Gasteiger partial charge in [-0.25, -0.2) is 4.98 Å². The summed E-state index contributed by atoms with van der Waals surface area (Å²) in [4.78, 5) is 17.2. The van der Waals surface area contributed by atoms with Crippen molar-refractivity contribution in [2.24, 2.45) is 11.7 Å². The third-order valence-electron chi connectivity index (χ3n) is 2.49. The summed E-state index contributed by atoms with van der Waals surface area (Å²) in [6, 6.07) is 5.76. The molecule has 2 N–H and O–H groups in total. The zero-order valence-electron chi connectivity index (χ0n) is 8.34. The molecule has 2 heterocycles. The SMILES string of the molecule is NC(=O)C1C=CN(c2ccccn2)CC1. The van der Waals surface area contributed by atoms with Crippen LogP contribution in [0.1, 0.15) is 6.42 Å². The van der Waals surface area contributed by atoms with Crippen molar-refractivity contribution >= 4 is 11.7 Å². The van der Waals surface area contributed by atoms with Crippen molar-refractivity contribution in [3.63, 3.8) is 0 Å². The molecule has 2 rings (SSSR count). The van der Waals surface area contributed by atoms with Gasteiger partial charge in [-0.3, -0.25) is 4.79 Å². The molecular formula is C11H13N3O. The van der Waals surface area contributed by atoms with Crippen LogP contribution in [0.5, 0.6) is 0 Å². The van der Waals surface area contributed by atoms with Gasteiger partial charge in [-0.1, -0.05) is 12.1 Å². The Kier molecular flexibility index (Phi) is 2.67. The minimum absolute atomic E-state index is 0.134. The van der Waals surface area contributed by atoms with Crippen LogP contribution in [-0.2, 0) is 4.79 Å². The number of amides is 1. The second-order valence-electron chi connectivity index (χ2n) is 3.52. The molecule has 0 bridgehead atoms. The van der Waals surface area contributed by atoms with E-state index in [1.807, 2.05) is 35.4 Å². The molecule has 1 aromatic rings. The highest BCUT2D eigenvalue weighted by atomic mass is 16.1. The summed E-state index contributed by atoms with van der Waals surface area (Å²) in [5.74, 6) is 0.508. The number of carbonyl (C=O) groups excluding carboxylic acids is 1. The van der Waals surface area contributed by atoms with E-state index in [1.165, 1.54) is 0 Å². The number of primary amides is 1. The Morgan fingerprint density at radius 2 is 2.40 bits per heavy atom. The number of carbonyl (C=O) groups is 1. The van der Waals surface area contributed by atoms with Gasteiger partial charge in [0.15, 0.2) is 0 Å². The zero-order chi connectivity index (χ0) is 10.7. The van der Waals surface area contributed by atoms with Crippen molar-refractivity contribution in [1.29, 1.82) is 0 Å². The molecule has 1 aliphatic rings. The molecular weight excluding hydrogens is 190 g/mol. The molecule has 0 saturated carbocycles. The molecule has 0 aliphatic carbocycles. The van der Waals surface area contributed by atoms with Crippen molar-refractivity contribution in [1.82, 2.24) is 4.98 Å². The van der Waals surface area contributed by atoms with Crippen molar-refractivity contribution < 1.29 is 4.79 Å². The number of nitrogens with two attached hydrogens (primary N) is 1. The predicted octanol–water partition coefficient (Wildman–Crippen LogP) is 0.907. The highest BCUT2D eigenvalue weighted by Gasteiger charge is 2.18. The highest BCUT2D eigenvalue weighted by Crippen LogP contribution is 2.18. The standard InChI is InChI=1S/C11H13N3O/c12-11(15)9-4-7-14(8-5-9)10-3-1-2-6-13-10/h1-4,6-7,9H,5,8H2,(H2,12,15). The molecule has 4 nitrogen and oxygen atoms in total. The van der Waals surface area contributed by atoms with Crippen LogP contribution in [0.4, 0.5) is 5.82 Å². The van der Waals surface area contributed by atoms with Crippen molar-refractivity contribution in [2.75, 3.05) is 11.4 Å². The summed E-state index contributed by atoms with van der Waals surface area (Å²) >= 11 is 0. The predicted molar refractivity (Wildman–Crippen MR) is 58.0 cm³/mol. The number of pyridine rings is 1. The molecule has 1 atom stereocenters. The lowest BCUT2D eigenvalue weighted by atomic mass is 10.0. The fourth-order valence-electron chi connectivity index (χ4n) is 1.61. The minimum atomic E-state index is -0.257. The number of aromatic nitrogens is 1. The lowest BCUT2D eigenvalue weighted by Gasteiger charge is -2.25. The summed E-state index contributed by atoms with van der Waals surface area (Å²) in [6.45, 7) is 0.779. The summed E-state index contributed by atoms with van der Waals surface area (Å²) in [5.41, 5.74) is 5.23. The molecule has 15 heavy (non-hydrogen) atoms. The van der Waals surface area contributed by atoms with Gasteiger partial charge in [0, 0.05) is 18.9 Å². The van der Waals surface area contributed by atoms with Gasteiger partial charge in [-0.05, 0) is 18.6 Å². The second kappa shape index (κ2) is 4.13. The van der Waals surface area contributed by atoms with Crippen LogP contribution in [-0.4, -0.2) is 17.4 Å². The quantitative estimate of drug-likeness (QED) is 0.777. The molecule has 1 aliphatic heterocycles. The maximum Gasteiger partial charge on any atom is 0.224 e. The topological polar surface area (TPSA) is 59.2 Å². The smallest absolute Gasteiger partial charge is 0.224 e. The molecule has 1 unspecified atom stereocenters. The van der Waals surface area contributed by atoms with E-state index < -0.39 is 0 Å². The first-order valence-electron chi connectivity index (χ1n) is 4.92. The summed E-state index contributed by atoms with van der Waals surface area (Å²) in [5, 5.41) is 0. The molecule has 0 fully saturated rings. The van der Waals surface area contributed by atoms with Crippen LogP contribution >= 0.6 is 0 Å². The molecule has 1 aromatic heterocycles. The molecule has 4 heteroatoms. The van der Waals surface area contributed by atoms with Gasteiger partial charge in [-0.15, -0.1) is 0 Å². The van der Waals surface area contributed by atoms with Crippen LogP contribution in [0, 0.1) is 5.92 Å². The Hall–Kier alpha value is -1.84. The van der Waals surface area contributed by atoms with Crippen LogP contribution in [0.2, 0.25) is 0 Å². The normalized spacial score (nSPS) is 20.3. The van der Waals surface area contributed by atoms with E-state index in [2.05, 4.69) is 4.98 Å². The van der Waals surface area contributed by atoms with Crippen LogP contribution in [0.25, 0.3) is 0 Å². The van der Waals surface area contributed by atoms with Crippen molar-refractivity contribution in [3.8, 4) is 0 Å². The Morgan fingerprint density at radius 3 is 2.93 bits per heavy atom. The van der Waals surface area contributed by atoms with Crippen molar-refractivity contribution in [3.05, 3.63) is 36.7 Å². The van der Waals surface area contributed by atoms with E-state index in [0.717, 1.165) is 18.8 Å². The Bertz CT molecular complexity index is 375. The van der Waals surface area contributed by atoms with Crippen molar-refractivity contribution in [2.45, 2.75) is 6.42 Å². The monoisotopic (exact) mass is 203 g/mol. The molecule has 0 spiro atoms. The Labute approximate surface area is 88.4 Å². The first-order chi connectivity index (χ1) is 7.27. The van der Waals surface area contributed by atoms with Gasteiger partial charge >= 0.3 is 0 Å². The lowest BCUT2D eigenvalue weighted by Crippen LogP contribution is -2.31. The molecule has 0 saturated heterocycles. The molecule has 1 amide bonds. The van der Waals surface area contributed by atoms with E-state index in [-0.39, 0.29) is 11.8 Å². The summed E-state index contributed by atoms with van der Waals surface area (Å²) < 4.78 is 0. The van der Waals surface area contributed by atoms with Gasteiger partial charge in [0.2, 0.25) is 5.91 Å². The van der Waals surface area contributed by atoms with Crippen LogP contribution in [0.3, 0.4) is 0 Å². The van der Waals surface area contributed by atoms with Gasteiger partial charge in [0.05, 0.1) is 5.92 Å². The van der Waals surface area contributed by atoms with Crippen LogP contribution < -0.4 is 10.6 Å². The van der Waals surface area contributed by atoms with E-state index in [1.54, 1.807) is 6.20 Å². The molecule has 78 valence electrons. The summed E-state index contributed by atoms with van der Waals surface area (Å²) in [6.07, 6.45) is 6.22. The minimum Gasteiger partial charge on any atom is -0.369 e. The fourth-order valence-corrected chi connectivity index (χ4v) is 1.61. The number of anilines is 1. The largest absolute Gasteiger partial charge is 0.369 e. The lowest BCUT2D eigenvalue weighted by molar-refractivity contribution is -0.120. The zero-order valence-corrected chi connectivity index (χ0v) is 8.34. The van der Waals surface area contributed by atoms with Gasteiger partial charge in [0.1, 0.15) is 5.82 Å². The first-order valence-corrected chi connectivity index (χ1v) is 4.92. The number of nitrogens with zero attached hydrogens (tertiary/aromatic N) is 2. The average molecular weight is 203 g/mol. The maximum absolute atomic E-state index is 10.9. The van der Waals surface area contributed by atoms with E-state index in [9.17, 15) is 4.79 Å². The van der Waals surface area contributed by atoms with E-state index in [0.29, 0.717) is 0 Å². The third-order valence-corrected chi connectivity index (χ3v) is 2.49. The maximum atomic E-state index is 10.9. The second-order valence-corrected chi connectivity index (χ2v) is 3.52. The molecule has 0 aromatic carbocycles. The van der Waals surface area contributed by atoms with Gasteiger partial charge < -0.3 is 10.6 Å². The Morgan fingerprint density at radius 1 is 1.53 bits per heavy atom. The van der Waals surface area contributed by atoms with Gasteiger partial charge in [0.25, 0.3) is 0 Å². The Balaban J connectivity index is 2.10. The number of hydrogen-bond donors (Lipinski definition) is 1.